The first-order chi connectivity index (χ1) is 15.7. The van der Waals surface area contributed by atoms with Crippen molar-refractivity contribution in [2.24, 2.45) is 5.92 Å². The number of benzene rings is 3. The van der Waals surface area contributed by atoms with Crippen LogP contribution in [0, 0.1) is 5.92 Å². The van der Waals surface area contributed by atoms with Gasteiger partial charge in [-0.1, -0.05) is 97.9 Å². The highest BCUT2D eigenvalue weighted by Crippen LogP contribution is 2.38. The van der Waals surface area contributed by atoms with Crippen LogP contribution in [0.15, 0.2) is 91.0 Å². The Morgan fingerprint density at radius 2 is 1.41 bits per heavy atom. The average Bonchev–Trinajstić information content (AvgIpc) is 2.86. The summed E-state index contributed by atoms with van der Waals surface area (Å²) in [5.41, 5.74) is 7.01. The SMILES string of the molecule is C/C=C/CCC1CCC(c2ccc(-c3ccc(CC(C)c4ccccc4)cc3)cc2)CC1. The summed E-state index contributed by atoms with van der Waals surface area (Å²) in [5.74, 6) is 2.23. The Balaban J connectivity index is 1.32. The molecule has 1 unspecified atom stereocenters. The quantitative estimate of drug-likeness (QED) is 0.317. The van der Waals surface area contributed by atoms with Crippen molar-refractivity contribution in [2.75, 3.05) is 0 Å². The third-order valence-corrected chi connectivity index (χ3v) is 7.40. The van der Waals surface area contributed by atoms with E-state index in [1.165, 1.54) is 66.3 Å². The fourth-order valence-electron chi connectivity index (χ4n) is 5.32. The first kappa shape index (κ1) is 22.6. The van der Waals surface area contributed by atoms with Crippen molar-refractivity contribution in [1.82, 2.24) is 0 Å². The van der Waals surface area contributed by atoms with E-state index in [0.29, 0.717) is 5.92 Å². The van der Waals surface area contributed by atoms with Gasteiger partial charge in [-0.2, -0.15) is 0 Å². The topological polar surface area (TPSA) is 0 Å². The van der Waals surface area contributed by atoms with E-state index < -0.39 is 0 Å². The van der Waals surface area contributed by atoms with E-state index in [-0.39, 0.29) is 0 Å². The largest absolute Gasteiger partial charge is 0.0917 e. The van der Waals surface area contributed by atoms with E-state index in [0.717, 1.165) is 18.3 Å². The molecule has 0 amide bonds. The van der Waals surface area contributed by atoms with E-state index in [4.69, 9.17) is 0 Å². The maximum Gasteiger partial charge on any atom is -0.0150 e. The molecule has 0 N–H and O–H groups in total. The second-order valence-corrected chi connectivity index (χ2v) is 9.70. The summed E-state index contributed by atoms with van der Waals surface area (Å²) in [6, 6.07) is 29.4. The minimum Gasteiger partial charge on any atom is -0.0917 e. The van der Waals surface area contributed by atoms with Gasteiger partial charge >= 0.3 is 0 Å². The Morgan fingerprint density at radius 3 is 2.03 bits per heavy atom. The molecule has 1 aliphatic rings. The van der Waals surface area contributed by atoms with Gasteiger partial charge in [0.2, 0.25) is 0 Å². The van der Waals surface area contributed by atoms with Crippen LogP contribution in [0.25, 0.3) is 11.1 Å². The predicted molar refractivity (Wildman–Crippen MR) is 139 cm³/mol. The van der Waals surface area contributed by atoms with Crippen molar-refractivity contribution in [1.29, 1.82) is 0 Å². The highest BCUT2D eigenvalue weighted by molar-refractivity contribution is 5.64. The molecule has 0 aromatic heterocycles. The molecule has 166 valence electrons. The Labute approximate surface area is 195 Å². The van der Waals surface area contributed by atoms with E-state index in [2.05, 4.69) is 105 Å². The van der Waals surface area contributed by atoms with Gasteiger partial charge < -0.3 is 0 Å². The summed E-state index contributed by atoms with van der Waals surface area (Å²) in [7, 11) is 0. The van der Waals surface area contributed by atoms with Crippen LogP contribution < -0.4 is 0 Å². The molecule has 3 aromatic carbocycles. The van der Waals surface area contributed by atoms with Gasteiger partial charge in [0.15, 0.2) is 0 Å². The van der Waals surface area contributed by atoms with Gasteiger partial charge in [0.05, 0.1) is 0 Å². The molecule has 0 spiro atoms. The number of hydrogen-bond acceptors (Lipinski definition) is 0. The molecule has 0 saturated heterocycles. The van der Waals surface area contributed by atoms with Crippen molar-refractivity contribution in [3.63, 3.8) is 0 Å². The van der Waals surface area contributed by atoms with E-state index in [1.807, 2.05) is 0 Å². The first-order valence-corrected chi connectivity index (χ1v) is 12.6. The molecule has 0 bridgehead atoms. The lowest BCUT2D eigenvalue weighted by molar-refractivity contribution is 0.312. The zero-order chi connectivity index (χ0) is 22.2. The van der Waals surface area contributed by atoms with Crippen LogP contribution >= 0.6 is 0 Å². The molecule has 32 heavy (non-hydrogen) atoms. The average molecular weight is 423 g/mol. The van der Waals surface area contributed by atoms with Crippen molar-refractivity contribution in [2.45, 2.75) is 70.6 Å². The summed E-state index contributed by atoms with van der Waals surface area (Å²) in [4.78, 5) is 0. The van der Waals surface area contributed by atoms with Gasteiger partial charge in [0.25, 0.3) is 0 Å². The minimum absolute atomic E-state index is 0.541. The lowest BCUT2D eigenvalue weighted by atomic mass is 9.77. The smallest absolute Gasteiger partial charge is 0.0150 e. The van der Waals surface area contributed by atoms with Gasteiger partial charge in [0.1, 0.15) is 0 Å². The molecule has 1 atom stereocenters. The Morgan fingerprint density at radius 1 is 0.781 bits per heavy atom. The molecule has 0 heterocycles. The second kappa shape index (κ2) is 11.3. The van der Waals surface area contributed by atoms with Gasteiger partial charge in [-0.3, -0.25) is 0 Å². The molecule has 1 aliphatic carbocycles. The van der Waals surface area contributed by atoms with Crippen molar-refractivity contribution < 1.29 is 0 Å². The van der Waals surface area contributed by atoms with Crippen LogP contribution in [0.2, 0.25) is 0 Å². The summed E-state index contributed by atoms with van der Waals surface area (Å²) in [6.07, 6.45) is 13.7. The minimum atomic E-state index is 0.541. The highest BCUT2D eigenvalue weighted by Gasteiger charge is 2.21. The lowest BCUT2D eigenvalue weighted by Crippen LogP contribution is -2.13. The first-order valence-electron chi connectivity index (χ1n) is 12.6. The van der Waals surface area contributed by atoms with Gasteiger partial charge in [0, 0.05) is 0 Å². The van der Waals surface area contributed by atoms with Crippen LogP contribution in [0.5, 0.6) is 0 Å². The molecule has 4 rings (SSSR count). The molecule has 0 radical (unpaired) electrons. The summed E-state index contributed by atoms with van der Waals surface area (Å²) in [5, 5.41) is 0. The Hall–Kier alpha value is -2.60. The third-order valence-electron chi connectivity index (χ3n) is 7.40. The highest BCUT2D eigenvalue weighted by atomic mass is 14.3. The number of rotatable bonds is 8. The lowest BCUT2D eigenvalue weighted by Gasteiger charge is -2.28. The van der Waals surface area contributed by atoms with Crippen molar-refractivity contribution in [3.8, 4) is 11.1 Å². The Bertz CT molecular complexity index is 955. The second-order valence-electron chi connectivity index (χ2n) is 9.70. The van der Waals surface area contributed by atoms with E-state index >= 15 is 0 Å². The molecule has 1 fully saturated rings. The molecule has 0 heteroatoms. The van der Waals surface area contributed by atoms with Crippen LogP contribution in [-0.4, -0.2) is 0 Å². The van der Waals surface area contributed by atoms with Gasteiger partial charge in [-0.15, -0.1) is 0 Å². The van der Waals surface area contributed by atoms with Gasteiger partial charge in [-0.05, 0) is 97.4 Å². The molecule has 0 nitrogen and oxygen atoms in total. The molecule has 3 aromatic rings. The standard InChI is InChI=1S/C32H38/c1-3-4-6-9-26-12-16-29(17-13-26)31-20-22-32(23-21-31)30-18-14-27(15-19-30)24-25(2)28-10-7-5-8-11-28/h3-5,7-8,10-11,14-15,18-23,25-26,29H,6,9,12-13,16-17,24H2,1-2H3/b4-3+. The summed E-state index contributed by atoms with van der Waals surface area (Å²) in [6.45, 7) is 4.44. The fraction of sp³-hybridized carbons (Fsp3) is 0.375. The van der Waals surface area contributed by atoms with Crippen molar-refractivity contribution in [3.05, 3.63) is 108 Å². The third kappa shape index (κ3) is 6.00. The zero-order valence-corrected chi connectivity index (χ0v) is 19.8. The van der Waals surface area contributed by atoms with Crippen LogP contribution in [0.1, 0.15) is 80.9 Å². The van der Waals surface area contributed by atoms with Gasteiger partial charge in [-0.25, -0.2) is 0 Å². The van der Waals surface area contributed by atoms with Crippen LogP contribution in [0.3, 0.4) is 0 Å². The maximum absolute atomic E-state index is 2.38. The number of hydrogen-bond donors (Lipinski definition) is 0. The molecular formula is C32H38. The normalized spacial score (nSPS) is 19.8. The summed E-state index contributed by atoms with van der Waals surface area (Å²) < 4.78 is 0. The molecule has 0 aliphatic heterocycles. The summed E-state index contributed by atoms with van der Waals surface area (Å²) >= 11 is 0. The van der Waals surface area contributed by atoms with Crippen LogP contribution in [-0.2, 0) is 6.42 Å². The monoisotopic (exact) mass is 422 g/mol. The molecule has 1 saturated carbocycles. The van der Waals surface area contributed by atoms with E-state index in [1.54, 1.807) is 0 Å². The number of allylic oxidation sites excluding steroid dienone is 2. The zero-order valence-electron chi connectivity index (χ0n) is 19.8. The molecular weight excluding hydrogens is 384 g/mol. The fourth-order valence-corrected chi connectivity index (χ4v) is 5.32. The van der Waals surface area contributed by atoms with Crippen LogP contribution in [0.4, 0.5) is 0 Å². The van der Waals surface area contributed by atoms with Crippen molar-refractivity contribution >= 4 is 0 Å². The Kier molecular flexibility index (Phi) is 7.99. The van der Waals surface area contributed by atoms with E-state index in [9.17, 15) is 0 Å². The predicted octanol–water partition coefficient (Wildman–Crippen LogP) is 9.33. The maximum atomic E-state index is 2.38.